The second kappa shape index (κ2) is 19.6. The monoisotopic (exact) mass is 706 g/mol. The summed E-state index contributed by atoms with van der Waals surface area (Å²) in [7, 11) is 15.0. The van der Waals surface area contributed by atoms with Crippen LogP contribution in [0.4, 0.5) is 40.8 Å². The fourth-order valence-corrected chi connectivity index (χ4v) is 4.62. The average Bonchev–Trinajstić information content (AvgIpc) is 3.86. The Labute approximate surface area is 303 Å². The third kappa shape index (κ3) is 11.3. The molecule has 0 spiro atoms. The van der Waals surface area contributed by atoms with Crippen molar-refractivity contribution in [2.45, 2.75) is 12.8 Å². The SMILES string of the molecule is CN(C)c1ccc(N(C)C)n1-c1ccc(F)[c-]c1F.CN(C)c1ccc(N(C)C)n1-c1ccc(F)[c-]c1F.[C-]1=CC=CC1.[C-]1=CC=CC1.[Ti+4]. The number of halogens is 4. The van der Waals surface area contributed by atoms with Gasteiger partial charge in [-0.05, 0) is 35.6 Å². The molecule has 4 aromatic rings. The minimum atomic E-state index is -0.706. The summed E-state index contributed by atoms with van der Waals surface area (Å²) >= 11 is 0. The summed E-state index contributed by atoms with van der Waals surface area (Å²) in [6.07, 6.45) is 20.0. The van der Waals surface area contributed by atoms with Crippen LogP contribution in [0, 0.1) is 47.6 Å². The molecule has 0 aliphatic heterocycles. The third-order valence-corrected chi connectivity index (χ3v) is 6.85. The Bertz CT molecular complexity index is 1550. The molecule has 0 amide bonds. The van der Waals surface area contributed by atoms with Gasteiger partial charge in [-0.1, -0.05) is 0 Å². The second-order valence-corrected chi connectivity index (χ2v) is 11.4. The van der Waals surface area contributed by atoms with E-state index in [0.717, 1.165) is 36.1 Å². The molecule has 0 bridgehead atoms. The van der Waals surface area contributed by atoms with E-state index < -0.39 is 23.3 Å². The number of hydrogen-bond acceptors (Lipinski definition) is 4. The van der Waals surface area contributed by atoms with Crippen molar-refractivity contribution >= 4 is 23.3 Å². The first-order chi connectivity index (χ1) is 22.8. The number of rotatable bonds is 6. The number of aromatic nitrogens is 2. The minimum absolute atomic E-state index is 0. The molecular weight excluding hydrogens is 664 g/mol. The molecule has 49 heavy (non-hydrogen) atoms. The molecule has 11 heteroatoms. The van der Waals surface area contributed by atoms with Crippen molar-refractivity contribution in [3.63, 3.8) is 0 Å². The average molecular weight is 707 g/mol. The molecule has 2 heterocycles. The van der Waals surface area contributed by atoms with Gasteiger partial charge in [0.05, 0.1) is 0 Å². The van der Waals surface area contributed by atoms with Crippen molar-refractivity contribution in [3.8, 4) is 11.4 Å². The van der Waals surface area contributed by atoms with Gasteiger partial charge >= 0.3 is 21.7 Å². The van der Waals surface area contributed by atoms with Gasteiger partial charge in [0, 0.05) is 79.7 Å². The van der Waals surface area contributed by atoms with Crippen LogP contribution in [0.2, 0.25) is 0 Å². The van der Waals surface area contributed by atoms with Crippen molar-refractivity contribution < 1.29 is 39.3 Å². The zero-order valence-corrected chi connectivity index (χ0v) is 30.8. The second-order valence-electron chi connectivity index (χ2n) is 11.4. The van der Waals surface area contributed by atoms with Crippen molar-refractivity contribution in [3.05, 3.63) is 133 Å². The molecule has 0 radical (unpaired) electrons. The molecule has 6 rings (SSSR count). The van der Waals surface area contributed by atoms with E-state index in [1.54, 1.807) is 9.13 Å². The third-order valence-electron chi connectivity index (χ3n) is 6.85. The number of anilines is 4. The van der Waals surface area contributed by atoms with Crippen molar-refractivity contribution in [2.75, 3.05) is 76.0 Å². The van der Waals surface area contributed by atoms with Gasteiger partial charge in [-0.3, -0.25) is 12.2 Å². The zero-order valence-electron chi connectivity index (χ0n) is 29.2. The minimum Gasteiger partial charge on any atom is -0.365 e. The molecule has 2 aromatic carbocycles. The van der Waals surface area contributed by atoms with Gasteiger partial charge in [0.1, 0.15) is 23.3 Å². The summed E-state index contributed by atoms with van der Waals surface area (Å²) in [5.41, 5.74) is 0.553. The molecule has 0 N–H and O–H groups in total. The standard InChI is InChI=1S/2C14H16F2N3.2C5H5.Ti/c2*1-17(2)13-7-8-14(18(3)4)19(13)12-6-5-10(15)9-11(12)16;2*1-2-4-5-3-1;/h2*5-8H,1-4H3;2*1-3H,4H2;/q4*-1;+4. The molecule has 0 saturated heterocycles. The van der Waals surface area contributed by atoms with Gasteiger partial charge in [0.15, 0.2) is 0 Å². The maximum absolute atomic E-state index is 13.9. The van der Waals surface area contributed by atoms with Crippen LogP contribution in [0.25, 0.3) is 11.4 Å². The van der Waals surface area contributed by atoms with E-state index in [2.05, 4.69) is 36.4 Å². The Morgan fingerprint density at radius 1 is 0.490 bits per heavy atom. The van der Waals surface area contributed by atoms with E-state index in [4.69, 9.17) is 0 Å². The van der Waals surface area contributed by atoms with Crippen molar-refractivity contribution in [1.82, 2.24) is 9.13 Å². The maximum atomic E-state index is 13.9. The largest absolute Gasteiger partial charge is 4.00 e. The molecule has 256 valence electrons. The first kappa shape index (κ1) is 40.8. The van der Waals surface area contributed by atoms with Crippen LogP contribution in [0.5, 0.6) is 0 Å². The first-order valence-corrected chi connectivity index (χ1v) is 15.1. The predicted octanol–water partition coefficient (Wildman–Crippen LogP) is 7.98. The van der Waals surface area contributed by atoms with Gasteiger partial charge in [-0.2, -0.15) is 12.2 Å². The Morgan fingerprint density at radius 3 is 0.980 bits per heavy atom. The number of benzene rings is 2. The molecule has 6 nitrogen and oxygen atoms in total. The van der Waals surface area contributed by atoms with E-state index in [9.17, 15) is 17.6 Å². The fraction of sp³-hybridized carbons (Fsp3) is 0.263. The number of nitrogens with zero attached hydrogens (tertiary/aromatic N) is 6. The summed E-state index contributed by atoms with van der Waals surface area (Å²) in [5.74, 6) is 0.414. The number of hydrogen-bond donors (Lipinski definition) is 0. The summed E-state index contributed by atoms with van der Waals surface area (Å²) in [5, 5.41) is 0. The predicted molar refractivity (Wildman–Crippen MR) is 189 cm³/mol. The van der Waals surface area contributed by atoms with E-state index in [1.165, 1.54) is 24.3 Å². The summed E-state index contributed by atoms with van der Waals surface area (Å²) in [6.45, 7) is 0. The van der Waals surface area contributed by atoms with Crippen LogP contribution in [-0.2, 0) is 21.7 Å². The van der Waals surface area contributed by atoms with Crippen molar-refractivity contribution in [2.24, 2.45) is 0 Å². The molecule has 0 atom stereocenters. The molecular formula is C38H42F4N6Ti. The van der Waals surface area contributed by atoms with Gasteiger partial charge in [-0.25, -0.2) is 41.9 Å². The van der Waals surface area contributed by atoms with E-state index in [1.807, 2.05) is 125 Å². The molecule has 2 aliphatic rings. The maximum Gasteiger partial charge on any atom is 4.00 e. The van der Waals surface area contributed by atoms with Gasteiger partial charge in [0.2, 0.25) is 0 Å². The smallest absolute Gasteiger partial charge is 0.365 e. The van der Waals surface area contributed by atoms with Crippen LogP contribution in [0.3, 0.4) is 0 Å². The van der Waals surface area contributed by atoms with Crippen LogP contribution in [0.15, 0.2) is 85.0 Å². The van der Waals surface area contributed by atoms with Crippen LogP contribution >= 0.6 is 0 Å². The van der Waals surface area contributed by atoms with E-state index in [-0.39, 0.29) is 33.1 Å². The van der Waals surface area contributed by atoms with Crippen LogP contribution in [-0.4, -0.2) is 65.5 Å². The van der Waals surface area contributed by atoms with E-state index >= 15 is 0 Å². The van der Waals surface area contributed by atoms with Crippen LogP contribution < -0.4 is 19.6 Å². The van der Waals surface area contributed by atoms with Gasteiger partial charge in [0.25, 0.3) is 0 Å². The first-order valence-electron chi connectivity index (χ1n) is 15.1. The Morgan fingerprint density at radius 2 is 0.796 bits per heavy atom. The molecule has 2 aromatic heterocycles. The zero-order chi connectivity index (χ0) is 35.4. The van der Waals surface area contributed by atoms with Crippen molar-refractivity contribution in [1.29, 1.82) is 0 Å². The Kier molecular flexibility index (Phi) is 16.3. The topological polar surface area (TPSA) is 22.8 Å². The molecule has 2 aliphatic carbocycles. The van der Waals surface area contributed by atoms with Gasteiger partial charge < -0.3 is 28.7 Å². The van der Waals surface area contributed by atoms with Crippen LogP contribution in [0.1, 0.15) is 12.8 Å². The Balaban J connectivity index is 0.000000260. The summed E-state index contributed by atoms with van der Waals surface area (Å²) in [6, 6.07) is 16.9. The van der Waals surface area contributed by atoms with Gasteiger partial charge in [-0.15, -0.1) is 49.2 Å². The fourth-order valence-electron chi connectivity index (χ4n) is 4.62. The van der Waals surface area contributed by atoms with E-state index in [0.29, 0.717) is 0 Å². The molecule has 0 unspecified atom stereocenters. The summed E-state index contributed by atoms with van der Waals surface area (Å²) < 4.78 is 57.3. The molecule has 0 fully saturated rings. The molecule has 0 saturated carbocycles. The Hall–Kier alpha value is -4.41. The quantitative estimate of drug-likeness (QED) is 0.115. The normalized spacial score (nSPS) is 11.8. The summed E-state index contributed by atoms with van der Waals surface area (Å²) in [4.78, 5) is 7.48. The number of allylic oxidation sites excluding steroid dienone is 8.